The molecule has 138 valence electrons. The summed E-state index contributed by atoms with van der Waals surface area (Å²) in [5, 5.41) is 0.928. The number of hydrogen-bond donors (Lipinski definition) is 1. The van der Waals surface area contributed by atoms with E-state index in [1.807, 2.05) is 61.5 Å². The summed E-state index contributed by atoms with van der Waals surface area (Å²) in [4.78, 5) is 34.3. The number of hydrogen-bond acceptors (Lipinski definition) is 3. The lowest BCUT2D eigenvalue weighted by Gasteiger charge is -2.23. The largest absolute Gasteiger partial charge is 0.322 e. The van der Waals surface area contributed by atoms with E-state index in [9.17, 15) is 9.59 Å². The maximum atomic E-state index is 13.2. The number of benzene rings is 2. The smallest absolute Gasteiger partial charge is 0.258 e. The van der Waals surface area contributed by atoms with Gasteiger partial charge >= 0.3 is 0 Å². The van der Waals surface area contributed by atoms with Gasteiger partial charge in [-0.15, -0.1) is 0 Å². The number of nitrogens with zero attached hydrogens (tertiary/aromatic N) is 2. The highest BCUT2D eigenvalue weighted by Crippen LogP contribution is 2.21. The van der Waals surface area contributed by atoms with Gasteiger partial charge in [0, 0.05) is 34.7 Å². The van der Waals surface area contributed by atoms with Crippen LogP contribution in [0.2, 0.25) is 0 Å². The molecule has 0 saturated heterocycles. The predicted octanol–water partition coefficient (Wildman–Crippen LogP) is 4.08. The summed E-state index contributed by atoms with van der Waals surface area (Å²) in [5.41, 5.74) is 3.47. The Morgan fingerprint density at radius 2 is 1.71 bits per heavy atom. The monoisotopic (exact) mass is 369 g/mol. The highest BCUT2D eigenvalue weighted by molar-refractivity contribution is 6.06. The first-order chi connectivity index (χ1) is 13.6. The zero-order valence-corrected chi connectivity index (χ0v) is 15.4. The Morgan fingerprint density at radius 1 is 1.00 bits per heavy atom. The van der Waals surface area contributed by atoms with E-state index >= 15 is 0 Å². The average Bonchev–Trinajstić information content (AvgIpc) is 2.73. The number of anilines is 1. The lowest BCUT2D eigenvalue weighted by molar-refractivity contribution is 0.0985. The zero-order valence-electron chi connectivity index (χ0n) is 15.4. The van der Waals surface area contributed by atoms with E-state index in [-0.39, 0.29) is 18.0 Å². The predicted molar refractivity (Wildman–Crippen MR) is 110 cm³/mol. The number of aromatic nitrogens is 2. The number of amides is 1. The molecule has 0 fully saturated rings. The van der Waals surface area contributed by atoms with Crippen LogP contribution < -0.4 is 10.5 Å². The van der Waals surface area contributed by atoms with Crippen LogP contribution in [0, 0.1) is 6.92 Å². The van der Waals surface area contributed by atoms with Crippen LogP contribution in [0.5, 0.6) is 0 Å². The lowest BCUT2D eigenvalue weighted by atomic mass is 10.1. The van der Waals surface area contributed by atoms with Gasteiger partial charge in [0.05, 0.1) is 6.54 Å². The van der Waals surface area contributed by atoms with Crippen LogP contribution >= 0.6 is 0 Å². The van der Waals surface area contributed by atoms with Crippen molar-refractivity contribution in [2.24, 2.45) is 0 Å². The van der Waals surface area contributed by atoms with Crippen molar-refractivity contribution in [2.75, 3.05) is 4.90 Å². The van der Waals surface area contributed by atoms with Gasteiger partial charge in [-0.05, 0) is 48.7 Å². The maximum absolute atomic E-state index is 13.2. The minimum atomic E-state index is -0.196. The summed E-state index contributed by atoms with van der Waals surface area (Å²) in [6.07, 6.45) is 3.17. The molecule has 2 aromatic carbocycles. The summed E-state index contributed by atoms with van der Waals surface area (Å²) in [6, 6.07) is 20.5. The van der Waals surface area contributed by atoms with Gasteiger partial charge in [-0.2, -0.15) is 0 Å². The molecule has 0 aliphatic heterocycles. The topological polar surface area (TPSA) is 66.1 Å². The molecule has 2 aromatic heterocycles. The molecule has 2 heterocycles. The number of fused-ring (bicyclic) bond motifs is 1. The second-order valence-corrected chi connectivity index (χ2v) is 6.67. The van der Waals surface area contributed by atoms with Crippen molar-refractivity contribution >= 4 is 22.5 Å². The molecule has 0 saturated carbocycles. The highest BCUT2D eigenvalue weighted by Gasteiger charge is 2.19. The average molecular weight is 369 g/mol. The van der Waals surface area contributed by atoms with Gasteiger partial charge in [-0.25, -0.2) is 0 Å². The van der Waals surface area contributed by atoms with Gasteiger partial charge in [-0.3, -0.25) is 14.6 Å². The number of carbonyl (C=O) groups is 1. The summed E-state index contributed by atoms with van der Waals surface area (Å²) in [5.74, 6) is -0.182. The standard InChI is InChI=1S/C23H19N3O2/c1-16-6-8-20(9-7-16)26(23(28)17-10-12-24-13-11-17)15-19-14-18-4-2-3-5-21(18)25-22(19)27/h2-14H,15H2,1H3,(H,25,27). The Labute approximate surface area is 162 Å². The van der Waals surface area contributed by atoms with Crippen molar-refractivity contribution in [3.8, 4) is 0 Å². The van der Waals surface area contributed by atoms with E-state index in [0.29, 0.717) is 11.1 Å². The molecule has 1 N–H and O–H groups in total. The fourth-order valence-corrected chi connectivity index (χ4v) is 3.14. The molecule has 0 aliphatic rings. The van der Waals surface area contributed by atoms with Crippen molar-refractivity contribution < 1.29 is 4.79 Å². The molecule has 5 nitrogen and oxygen atoms in total. The Balaban J connectivity index is 1.77. The molecular formula is C23H19N3O2. The normalized spacial score (nSPS) is 10.8. The van der Waals surface area contributed by atoms with Crippen LogP contribution in [0.1, 0.15) is 21.5 Å². The van der Waals surface area contributed by atoms with Crippen LogP contribution in [-0.4, -0.2) is 15.9 Å². The summed E-state index contributed by atoms with van der Waals surface area (Å²) in [7, 11) is 0. The van der Waals surface area contributed by atoms with Crippen molar-refractivity contribution in [1.29, 1.82) is 0 Å². The second-order valence-electron chi connectivity index (χ2n) is 6.67. The fourth-order valence-electron chi connectivity index (χ4n) is 3.14. The highest BCUT2D eigenvalue weighted by atomic mass is 16.2. The Hall–Kier alpha value is -3.73. The molecule has 28 heavy (non-hydrogen) atoms. The molecule has 0 atom stereocenters. The van der Waals surface area contributed by atoms with Gasteiger partial charge in [0.25, 0.3) is 11.5 Å². The lowest BCUT2D eigenvalue weighted by Crippen LogP contribution is -2.32. The molecule has 4 aromatic rings. The number of aromatic amines is 1. The zero-order chi connectivity index (χ0) is 19.5. The number of H-pyrrole nitrogens is 1. The first-order valence-electron chi connectivity index (χ1n) is 9.01. The van der Waals surface area contributed by atoms with Crippen molar-refractivity contribution in [1.82, 2.24) is 9.97 Å². The Bertz CT molecular complexity index is 1180. The Kier molecular flexibility index (Phi) is 4.72. The molecule has 1 amide bonds. The van der Waals surface area contributed by atoms with Crippen LogP contribution in [-0.2, 0) is 6.54 Å². The van der Waals surface area contributed by atoms with Gasteiger partial charge < -0.3 is 9.88 Å². The third-order valence-corrected chi connectivity index (χ3v) is 4.68. The number of nitrogens with one attached hydrogen (secondary N) is 1. The van der Waals surface area contributed by atoms with Gasteiger partial charge in [0.2, 0.25) is 0 Å². The molecule has 0 radical (unpaired) electrons. The van der Waals surface area contributed by atoms with Crippen LogP contribution in [0.3, 0.4) is 0 Å². The first-order valence-corrected chi connectivity index (χ1v) is 9.01. The van der Waals surface area contributed by atoms with Crippen molar-refractivity contribution in [3.63, 3.8) is 0 Å². The van der Waals surface area contributed by atoms with E-state index in [2.05, 4.69) is 9.97 Å². The van der Waals surface area contributed by atoms with Crippen molar-refractivity contribution in [3.05, 3.63) is 106 Å². The molecule has 4 rings (SSSR count). The molecule has 0 aliphatic carbocycles. The summed E-state index contributed by atoms with van der Waals surface area (Å²) >= 11 is 0. The summed E-state index contributed by atoms with van der Waals surface area (Å²) < 4.78 is 0. The summed E-state index contributed by atoms with van der Waals surface area (Å²) in [6.45, 7) is 2.16. The third-order valence-electron chi connectivity index (χ3n) is 4.68. The van der Waals surface area contributed by atoms with Crippen molar-refractivity contribution in [2.45, 2.75) is 13.5 Å². The minimum absolute atomic E-state index is 0.171. The number of aryl methyl sites for hydroxylation is 1. The fraction of sp³-hybridized carbons (Fsp3) is 0.0870. The molecule has 0 unspecified atom stereocenters. The van der Waals surface area contributed by atoms with Crippen LogP contribution in [0.15, 0.2) is 83.9 Å². The van der Waals surface area contributed by atoms with Crippen LogP contribution in [0.4, 0.5) is 5.69 Å². The number of carbonyl (C=O) groups excluding carboxylic acids is 1. The molecular weight excluding hydrogens is 350 g/mol. The van der Waals surface area contributed by atoms with Crippen LogP contribution in [0.25, 0.3) is 10.9 Å². The SMILES string of the molecule is Cc1ccc(N(Cc2cc3ccccc3[nH]c2=O)C(=O)c2ccncc2)cc1. The quantitative estimate of drug-likeness (QED) is 0.589. The molecule has 5 heteroatoms. The van der Waals surface area contributed by atoms with E-state index in [0.717, 1.165) is 22.2 Å². The van der Waals surface area contributed by atoms with Gasteiger partial charge in [0.15, 0.2) is 0 Å². The maximum Gasteiger partial charge on any atom is 0.258 e. The van der Waals surface area contributed by atoms with Gasteiger partial charge in [0.1, 0.15) is 0 Å². The van der Waals surface area contributed by atoms with E-state index in [1.54, 1.807) is 29.4 Å². The number of para-hydroxylation sites is 1. The first kappa shape index (κ1) is 17.7. The third kappa shape index (κ3) is 3.55. The van der Waals surface area contributed by atoms with E-state index in [4.69, 9.17) is 0 Å². The van der Waals surface area contributed by atoms with E-state index in [1.165, 1.54) is 0 Å². The second kappa shape index (κ2) is 7.48. The molecule has 0 bridgehead atoms. The van der Waals surface area contributed by atoms with E-state index < -0.39 is 0 Å². The Morgan fingerprint density at radius 3 is 2.46 bits per heavy atom. The number of pyridine rings is 2. The number of rotatable bonds is 4. The van der Waals surface area contributed by atoms with Gasteiger partial charge in [-0.1, -0.05) is 35.9 Å². The minimum Gasteiger partial charge on any atom is -0.322 e. The molecule has 0 spiro atoms.